The summed E-state index contributed by atoms with van der Waals surface area (Å²) in [7, 11) is 8.06. The van der Waals surface area contributed by atoms with Gasteiger partial charge in [0.1, 0.15) is 6.04 Å². The summed E-state index contributed by atoms with van der Waals surface area (Å²) >= 11 is 0. The van der Waals surface area contributed by atoms with Crippen LogP contribution in [0.3, 0.4) is 0 Å². The topological polar surface area (TPSA) is 65.9 Å². The van der Waals surface area contributed by atoms with E-state index in [-0.39, 0.29) is 6.04 Å². The third kappa shape index (κ3) is 6.11. The highest BCUT2D eigenvalue weighted by Crippen LogP contribution is 2.16. The van der Waals surface area contributed by atoms with E-state index in [2.05, 4.69) is 34.9 Å². The highest BCUT2D eigenvalue weighted by atomic mass is 16.2. The molecule has 0 radical (unpaired) electrons. The second-order valence-corrected chi connectivity index (χ2v) is 6.99. The lowest BCUT2D eigenvalue weighted by Gasteiger charge is -2.23. The third-order valence-corrected chi connectivity index (χ3v) is 4.48. The minimum absolute atomic E-state index is 0.0621. The molecular weight excluding hydrogens is 340 g/mol. The van der Waals surface area contributed by atoms with Gasteiger partial charge in [-0.2, -0.15) is 0 Å². The standard InChI is InChI=1S/C21H28N4O2/c1-24(2)18-12-10-17(11-13-18)19(25(3)4)15-23-21(27)20(26)22-14-16-8-6-5-7-9-16/h5-13,19H,14-15H2,1-4H3,(H,22,26)(H,23,27)/p+1/t19-/m0/s1. The molecule has 0 bridgehead atoms. The largest absolute Gasteiger partial charge is 0.378 e. The maximum absolute atomic E-state index is 12.1. The number of quaternary nitrogens is 1. The maximum atomic E-state index is 12.1. The number of likely N-dealkylation sites (N-methyl/N-ethyl adjacent to an activating group) is 1. The van der Waals surface area contributed by atoms with Gasteiger partial charge in [0.05, 0.1) is 20.6 Å². The predicted octanol–water partition coefficient (Wildman–Crippen LogP) is 0.371. The Kier molecular flexibility index (Phi) is 7.37. The molecule has 0 aliphatic rings. The zero-order valence-corrected chi connectivity index (χ0v) is 16.5. The number of benzene rings is 2. The summed E-state index contributed by atoms with van der Waals surface area (Å²) in [5, 5.41) is 5.40. The van der Waals surface area contributed by atoms with Crippen LogP contribution < -0.4 is 20.4 Å². The van der Waals surface area contributed by atoms with Crippen molar-refractivity contribution in [3.05, 3.63) is 65.7 Å². The van der Waals surface area contributed by atoms with E-state index in [9.17, 15) is 9.59 Å². The fourth-order valence-electron chi connectivity index (χ4n) is 2.79. The van der Waals surface area contributed by atoms with E-state index in [1.807, 2.05) is 63.4 Å². The molecule has 2 aromatic carbocycles. The van der Waals surface area contributed by atoms with Gasteiger partial charge in [-0.15, -0.1) is 0 Å². The molecule has 3 N–H and O–H groups in total. The quantitative estimate of drug-likeness (QED) is 0.618. The van der Waals surface area contributed by atoms with E-state index >= 15 is 0 Å². The van der Waals surface area contributed by atoms with Crippen molar-refractivity contribution in [1.82, 2.24) is 10.6 Å². The van der Waals surface area contributed by atoms with Crippen LogP contribution >= 0.6 is 0 Å². The first-order chi connectivity index (χ1) is 12.9. The number of amides is 2. The summed E-state index contributed by atoms with van der Waals surface area (Å²) in [5.74, 6) is -1.23. The molecule has 2 amide bonds. The average Bonchev–Trinajstić information content (AvgIpc) is 2.67. The van der Waals surface area contributed by atoms with Crippen molar-refractivity contribution in [2.24, 2.45) is 0 Å². The molecule has 0 spiro atoms. The molecule has 0 saturated heterocycles. The number of anilines is 1. The van der Waals surface area contributed by atoms with E-state index in [1.165, 1.54) is 4.90 Å². The molecule has 27 heavy (non-hydrogen) atoms. The molecule has 2 rings (SSSR count). The van der Waals surface area contributed by atoms with Crippen LogP contribution in [0.5, 0.6) is 0 Å². The highest BCUT2D eigenvalue weighted by Gasteiger charge is 2.21. The van der Waals surface area contributed by atoms with Gasteiger partial charge >= 0.3 is 11.8 Å². The Morgan fingerprint density at radius 2 is 1.52 bits per heavy atom. The van der Waals surface area contributed by atoms with Crippen LogP contribution in [0.25, 0.3) is 0 Å². The van der Waals surface area contributed by atoms with Crippen molar-refractivity contribution < 1.29 is 14.5 Å². The van der Waals surface area contributed by atoms with Crippen LogP contribution in [-0.2, 0) is 16.1 Å². The normalized spacial score (nSPS) is 11.7. The Labute approximate surface area is 161 Å². The summed E-state index contributed by atoms with van der Waals surface area (Å²) in [6.07, 6.45) is 0. The van der Waals surface area contributed by atoms with Gasteiger partial charge in [-0.05, 0) is 17.7 Å². The summed E-state index contributed by atoms with van der Waals surface area (Å²) < 4.78 is 0. The van der Waals surface area contributed by atoms with Crippen LogP contribution in [0.4, 0.5) is 5.69 Å². The van der Waals surface area contributed by atoms with Crippen molar-refractivity contribution in [2.45, 2.75) is 12.6 Å². The van der Waals surface area contributed by atoms with Gasteiger partial charge < -0.3 is 20.4 Å². The molecule has 6 nitrogen and oxygen atoms in total. The van der Waals surface area contributed by atoms with Crippen molar-refractivity contribution in [2.75, 3.05) is 39.6 Å². The van der Waals surface area contributed by atoms with E-state index in [1.54, 1.807) is 0 Å². The molecule has 6 heteroatoms. The minimum atomic E-state index is -0.616. The van der Waals surface area contributed by atoms with Crippen LogP contribution in [-0.4, -0.2) is 46.5 Å². The first kappa shape index (κ1) is 20.5. The Morgan fingerprint density at radius 3 is 2.07 bits per heavy atom. The smallest absolute Gasteiger partial charge is 0.309 e. The number of carbonyl (C=O) groups excluding carboxylic acids is 2. The zero-order valence-electron chi connectivity index (χ0n) is 16.5. The lowest BCUT2D eigenvalue weighted by atomic mass is 10.1. The Hall–Kier alpha value is -2.86. The second-order valence-electron chi connectivity index (χ2n) is 6.99. The molecule has 1 atom stereocenters. The zero-order chi connectivity index (χ0) is 19.8. The van der Waals surface area contributed by atoms with Gasteiger partial charge in [0.25, 0.3) is 0 Å². The third-order valence-electron chi connectivity index (χ3n) is 4.48. The molecule has 0 heterocycles. The van der Waals surface area contributed by atoms with E-state index in [0.717, 1.165) is 16.8 Å². The first-order valence-corrected chi connectivity index (χ1v) is 9.05. The summed E-state index contributed by atoms with van der Waals surface area (Å²) in [6, 6.07) is 17.8. The fraction of sp³-hybridized carbons (Fsp3) is 0.333. The first-order valence-electron chi connectivity index (χ1n) is 9.05. The maximum Gasteiger partial charge on any atom is 0.309 e. The van der Waals surface area contributed by atoms with Crippen LogP contribution in [0.2, 0.25) is 0 Å². The molecule has 0 aliphatic carbocycles. The summed E-state index contributed by atoms with van der Waals surface area (Å²) in [5.41, 5.74) is 3.19. The van der Waals surface area contributed by atoms with Crippen molar-refractivity contribution in [3.8, 4) is 0 Å². The number of nitrogens with zero attached hydrogens (tertiary/aromatic N) is 1. The second kappa shape index (κ2) is 9.73. The number of rotatable bonds is 7. The van der Waals surface area contributed by atoms with Crippen molar-refractivity contribution >= 4 is 17.5 Å². The van der Waals surface area contributed by atoms with Gasteiger partial charge in [0.2, 0.25) is 0 Å². The molecule has 0 aliphatic heterocycles. The lowest BCUT2D eigenvalue weighted by molar-refractivity contribution is -0.890. The van der Waals surface area contributed by atoms with Crippen molar-refractivity contribution in [3.63, 3.8) is 0 Å². The molecular formula is C21H29N4O2+. The average molecular weight is 369 g/mol. The minimum Gasteiger partial charge on any atom is -0.378 e. The molecule has 0 unspecified atom stereocenters. The van der Waals surface area contributed by atoms with Gasteiger partial charge in [-0.3, -0.25) is 9.59 Å². The van der Waals surface area contributed by atoms with Crippen LogP contribution in [0.15, 0.2) is 54.6 Å². The number of carbonyl (C=O) groups is 2. The fourth-order valence-corrected chi connectivity index (χ4v) is 2.79. The van der Waals surface area contributed by atoms with Crippen LogP contribution in [0.1, 0.15) is 17.2 Å². The van der Waals surface area contributed by atoms with Gasteiger partial charge in [-0.1, -0.05) is 42.5 Å². The molecule has 0 saturated carbocycles. The monoisotopic (exact) mass is 369 g/mol. The molecule has 0 aromatic heterocycles. The van der Waals surface area contributed by atoms with Crippen molar-refractivity contribution in [1.29, 1.82) is 0 Å². The number of nitrogens with one attached hydrogen (secondary N) is 3. The van der Waals surface area contributed by atoms with Gasteiger partial charge in [0.15, 0.2) is 0 Å². The van der Waals surface area contributed by atoms with Gasteiger partial charge in [-0.25, -0.2) is 0 Å². The SMILES string of the molecule is CN(C)c1ccc([C@H](CNC(=O)C(=O)NCc2ccccc2)[NH+](C)C)cc1. The molecule has 144 valence electrons. The Morgan fingerprint density at radius 1 is 0.926 bits per heavy atom. The number of hydrogen-bond acceptors (Lipinski definition) is 3. The number of hydrogen-bond donors (Lipinski definition) is 3. The predicted molar refractivity (Wildman–Crippen MR) is 108 cm³/mol. The van der Waals surface area contributed by atoms with Crippen LogP contribution in [0, 0.1) is 0 Å². The Bertz CT molecular complexity index is 743. The summed E-state index contributed by atoms with van der Waals surface area (Å²) in [6.45, 7) is 0.725. The highest BCUT2D eigenvalue weighted by molar-refractivity contribution is 6.35. The molecule has 0 fully saturated rings. The van der Waals surface area contributed by atoms with E-state index in [0.29, 0.717) is 13.1 Å². The lowest BCUT2D eigenvalue weighted by Crippen LogP contribution is -3.07. The molecule has 2 aromatic rings. The van der Waals surface area contributed by atoms with E-state index in [4.69, 9.17) is 0 Å². The van der Waals surface area contributed by atoms with Gasteiger partial charge in [0, 0.05) is 31.9 Å². The Balaban J connectivity index is 1.90. The summed E-state index contributed by atoms with van der Waals surface area (Å²) in [4.78, 5) is 27.4. The van der Waals surface area contributed by atoms with E-state index < -0.39 is 11.8 Å².